The fourth-order valence-electron chi connectivity index (χ4n) is 2.50. The molecule has 0 aromatic heterocycles. The lowest BCUT2D eigenvalue weighted by Gasteiger charge is -2.18. The van der Waals surface area contributed by atoms with E-state index in [1.54, 1.807) is 6.07 Å². The van der Waals surface area contributed by atoms with Crippen molar-refractivity contribution in [3.8, 4) is 0 Å². The fourth-order valence-corrected chi connectivity index (χ4v) is 2.50. The second-order valence-corrected chi connectivity index (χ2v) is 5.37. The van der Waals surface area contributed by atoms with Gasteiger partial charge in [0, 0.05) is 12.5 Å². The van der Waals surface area contributed by atoms with Gasteiger partial charge in [0.25, 0.3) is 0 Å². The molecule has 112 valence electrons. The number of hydrogen-bond acceptors (Lipinski definition) is 1. The van der Waals surface area contributed by atoms with Gasteiger partial charge < -0.3 is 5.32 Å². The van der Waals surface area contributed by atoms with E-state index in [4.69, 9.17) is 0 Å². The van der Waals surface area contributed by atoms with Crippen molar-refractivity contribution in [2.45, 2.75) is 26.2 Å². The summed E-state index contributed by atoms with van der Waals surface area (Å²) in [5.74, 6) is -1.33. The predicted octanol–water partition coefficient (Wildman–Crippen LogP) is 4.21. The number of hydrogen-bond donors (Lipinski definition) is 1. The van der Waals surface area contributed by atoms with Crippen molar-refractivity contribution >= 4 is 0 Å². The van der Waals surface area contributed by atoms with Crippen molar-refractivity contribution in [2.75, 3.05) is 13.1 Å². The van der Waals surface area contributed by atoms with Gasteiger partial charge in [-0.1, -0.05) is 42.8 Å². The highest BCUT2D eigenvalue weighted by Gasteiger charge is 2.13. The molecular formula is C18H21F2N. The van der Waals surface area contributed by atoms with E-state index < -0.39 is 11.6 Å². The standard InChI is InChI=1S/C18H21F2N/c1-3-21-12-16(15-6-4-5-13(2)9-15)10-14-7-8-17(19)18(20)11-14/h4-9,11,16,21H,3,10,12H2,1-2H3. The predicted molar refractivity (Wildman–Crippen MR) is 82.5 cm³/mol. The zero-order chi connectivity index (χ0) is 15.2. The monoisotopic (exact) mass is 289 g/mol. The first kappa shape index (κ1) is 15.6. The second-order valence-electron chi connectivity index (χ2n) is 5.37. The molecular weight excluding hydrogens is 268 g/mol. The third-order valence-corrected chi connectivity index (χ3v) is 3.62. The van der Waals surface area contributed by atoms with Gasteiger partial charge in [0.15, 0.2) is 11.6 Å². The van der Waals surface area contributed by atoms with Gasteiger partial charge in [-0.25, -0.2) is 8.78 Å². The molecule has 0 fully saturated rings. The van der Waals surface area contributed by atoms with Crippen LogP contribution in [0.25, 0.3) is 0 Å². The van der Waals surface area contributed by atoms with Crippen molar-refractivity contribution < 1.29 is 8.78 Å². The lowest BCUT2D eigenvalue weighted by Crippen LogP contribution is -2.22. The quantitative estimate of drug-likeness (QED) is 0.840. The van der Waals surface area contributed by atoms with Gasteiger partial charge in [0.05, 0.1) is 0 Å². The second kappa shape index (κ2) is 7.32. The molecule has 1 atom stereocenters. The summed E-state index contributed by atoms with van der Waals surface area (Å²) in [6, 6.07) is 12.5. The summed E-state index contributed by atoms with van der Waals surface area (Å²) in [6.45, 7) is 5.83. The Hall–Kier alpha value is -1.74. The van der Waals surface area contributed by atoms with E-state index in [-0.39, 0.29) is 5.92 Å². The highest BCUT2D eigenvalue weighted by molar-refractivity contribution is 5.28. The van der Waals surface area contributed by atoms with E-state index >= 15 is 0 Å². The van der Waals surface area contributed by atoms with Crippen LogP contribution in [0.5, 0.6) is 0 Å². The van der Waals surface area contributed by atoms with Crippen LogP contribution in [0.15, 0.2) is 42.5 Å². The Bertz CT molecular complexity index is 596. The van der Waals surface area contributed by atoms with Crippen molar-refractivity contribution in [3.63, 3.8) is 0 Å². The van der Waals surface area contributed by atoms with Gasteiger partial charge in [-0.05, 0) is 43.1 Å². The van der Waals surface area contributed by atoms with Crippen LogP contribution in [0.1, 0.15) is 29.5 Å². The Morgan fingerprint density at radius 2 is 1.86 bits per heavy atom. The van der Waals surface area contributed by atoms with E-state index in [1.807, 2.05) is 6.07 Å². The summed E-state index contributed by atoms with van der Waals surface area (Å²) < 4.78 is 26.4. The van der Waals surface area contributed by atoms with Crippen LogP contribution in [0.4, 0.5) is 8.78 Å². The summed E-state index contributed by atoms with van der Waals surface area (Å²) in [5, 5.41) is 3.34. The molecule has 0 aliphatic carbocycles. The van der Waals surface area contributed by atoms with Gasteiger partial charge in [-0.15, -0.1) is 0 Å². The number of aryl methyl sites for hydroxylation is 1. The largest absolute Gasteiger partial charge is 0.316 e. The van der Waals surface area contributed by atoms with Crippen molar-refractivity contribution in [2.24, 2.45) is 0 Å². The zero-order valence-corrected chi connectivity index (χ0v) is 12.5. The Morgan fingerprint density at radius 3 is 2.52 bits per heavy atom. The topological polar surface area (TPSA) is 12.0 Å². The molecule has 0 aliphatic heterocycles. The van der Waals surface area contributed by atoms with Gasteiger partial charge in [-0.2, -0.15) is 0 Å². The van der Waals surface area contributed by atoms with Crippen molar-refractivity contribution in [3.05, 3.63) is 70.8 Å². The highest BCUT2D eigenvalue weighted by atomic mass is 19.2. The van der Waals surface area contributed by atoms with E-state index in [9.17, 15) is 8.78 Å². The van der Waals surface area contributed by atoms with Crippen molar-refractivity contribution in [1.82, 2.24) is 5.32 Å². The molecule has 0 amide bonds. The minimum atomic E-state index is -0.794. The number of nitrogens with one attached hydrogen (secondary N) is 1. The van der Waals surface area contributed by atoms with Crippen LogP contribution in [-0.2, 0) is 6.42 Å². The summed E-state index contributed by atoms with van der Waals surface area (Å²) in [5.41, 5.74) is 3.25. The molecule has 0 aliphatic rings. The van der Waals surface area contributed by atoms with E-state index in [0.717, 1.165) is 18.7 Å². The van der Waals surface area contributed by atoms with Crippen LogP contribution in [0.2, 0.25) is 0 Å². The smallest absolute Gasteiger partial charge is 0.159 e. The molecule has 0 saturated carbocycles. The van der Waals surface area contributed by atoms with E-state index in [2.05, 4.69) is 37.4 Å². The van der Waals surface area contributed by atoms with Crippen LogP contribution in [0, 0.1) is 18.6 Å². The molecule has 2 rings (SSSR count). The third-order valence-electron chi connectivity index (χ3n) is 3.62. The molecule has 1 unspecified atom stereocenters. The molecule has 2 aromatic rings. The fraction of sp³-hybridized carbons (Fsp3) is 0.333. The molecule has 0 saturated heterocycles. The lowest BCUT2D eigenvalue weighted by molar-refractivity contribution is 0.505. The first-order chi connectivity index (χ1) is 10.1. The maximum atomic E-state index is 13.4. The average molecular weight is 289 g/mol. The molecule has 1 nitrogen and oxygen atoms in total. The summed E-state index contributed by atoms with van der Waals surface area (Å²) in [4.78, 5) is 0. The first-order valence-corrected chi connectivity index (χ1v) is 7.31. The van der Waals surface area contributed by atoms with Crippen molar-refractivity contribution in [1.29, 1.82) is 0 Å². The third kappa shape index (κ3) is 4.36. The Labute approximate surface area is 125 Å². The lowest BCUT2D eigenvalue weighted by atomic mass is 9.91. The molecule has 0 heterocycles. The van der Waals surface area contributed by atoms with Gasteiger partial charge in [0.1, 0.15) is 0 Å². The van der Waals surface area contributed by atoms with Crippen LogP contribution in [-0.4, -0.2) is 13.1 Å². The minimum Gasteiger partial charge on any atom is -0.316 e. The number of likely N-dealkylation sites (N-methyl/N-ethyl adjacent to an activating group) is 1. The Kier molecular flexibility index (Phi) is 5.45. The maximum Gasteiger partial charge on any atom is 0.159 e. The van der Waals surface area contributed by atoms with Crippen LogP contribution in [0.3, 0.4) is 0 Å². The van der Waals surface area contributed by atoms with E-state index in [0.29, 0.717) is 6.42 Å². The molecule has 1 N–H and O–H groups in total. The van der Waals surface area contributed by atoms with Crippen LogP contribution < -0.4 is 5.32 Å². The minimum absolute atomic E-state index is 0.245. The number of rotatable bonds is 6. The molecule has 3 heteroatoms. The maximum absolute atomic E-state index is 13.4. The summed E-state index contributed by atoms with van der Waals surface area (Å²) >= 11 is 0. The molecule has 0 radical (unpaired) electrons. The molecule has 0 bridgehead atoms. The molecule has 21 heavy (non-hydrogen) atoms. The van der Waals surface area contributed by atoms with Gasteiger partial charge >= 0.3 is 0 Å². The van der Waals surface area contributed by atoms with Crippen LogP contribution >= 0.6 is 0 Å². The average Bonchev–Trinajstić information content (AvgIpc) is 2.47. The summed E-state index contributed by atoms with van der Waals surface area (Å²) in [7, 11) is 0. The Morgan fingerprint density at radius 1 is 1.05 bits per heavy atom. The first-order valence-electron chi connectivity index (χ1n) is 7.31. The molecule has 2 aromatic carbocycles. The zero-order valence-electron chi connectivity index (χ0n) is 12.5. The number of benzene rings is 2. The SMILES string of the molecule is CCNCC(Cc1ccc(F)c(F)c1)c1cccc(C)c1. The van der Waals surface area contributed by atoms with Gasteiger partial charge in [0.2, 0.25) is 0 Å². The van der Waals surface area contributed by atoms with E-state index in [1.165, 1.54) is 23.3 Å². The molecule has 0 spiro atoms. The van der Waals surface area contributed by atoms with Gasteiger partial charge in [-0.3, -0.25) is 0 Å². The normalized spacial score (nSPS) is 12.4. The summed E-state index contributed by atoms with van der Waals surface area (Å²) in [6.07, 6.45) is 0.688. The number of halogens is 2. The Balaban J connectivity index is 2.21. The highest BCUT2D eigenvalue weighted by Crippen LogP contribution is 2.22.